The summed E-state index contributed by atoms with van der Waals surface area (Å²) in [6.07, 6.45) is 4.04. The maximum Gasteiger partial charge on any atom is 0.295 e. The van der Waals surface area contributed by atoms with Crippen molar-refractivity contribution in [1.82, 2.24) is 9.88 Å². The zero-order chi connectivity index (χ0) is 19.4. The Labute approximate surface area is 158 Å². The average Bonchev–Trinajstić information content (AvgIpc) is 2.93. The van der Waals surface area contributed by atoms with Crippen molar-refractivity contribution in [3.8, 4) is 0 Å². The molecular weight excluding hydrogens is 342 g/mol. The average molecular weight is 366 g/mol. The molecule has 1 saturated heterocycles. The smallest absolute Gasteiger partial charge is 0.295 e. The first kappa shape index (κ1) is 18.8. The number of aromatic nitrogens is 1. The lowest BCUT2D eigenvalue weighted by atomic mass is 9.96. The number of ketones is 1. The Morgan fingerprint density at radius 2 is 1.89 bits per heavy atom. The number of aliphatic hydroxyl groups is 1. The third kappa shape index (κ3) is 3.90. The lowest BCUT2D eigenvalue weighted by molar-refractivity contribution is -0.858. The molecule has 0 aliphatic carbocycles. The van der Waals surface area contributed by atoms with Crippen molar-refractivity contribution < 1.29 is 19.6 Å². The minimum absolute atomic E-state index is 0.122. The van der Waals surface area contributed by atoms with E-state index in [4.69, 9.17) is 0 Å². The molecule has 2 heterocycles. The molecular formula is C21H24N3O3+. The van der Waals surface area contributed by atoms with E-state index in [0.29, 0.717) is 17.7 Å². The van der Waals surface area contributed by atoms with Gasteiger partial charge in [-0.1, -0.05) is 36.4 Å². The number of nitrogens with zero attached hydrogens (tertiary/aromatic N) is 2. The first-order valence-corrected chi connectivity index (χ1v) is 9.03. The molecule has 0 saturated carbocycles. The maximum absolute atomic E-state index is 12.8. The molecule has 2 N–H and O–H groups in total. The van der Waals surface area contributed by atoms with Gasteiger partial charge in [0.2, 0.25) is 0 Å². The number of quaternary nitrogens is 1. The number of pyridine rings is 1. The summed E-state index contributed by atoms with van der Waals surface area (Å²) in [4.78, 5) is 32.4. The molecule has 0 unspecified atom stereocenters. The van der Waals surface area contributed by atoms with Gasteiger partial charge in [0.05, 0.1) is 32.3 Å². The van der Waals surface area contributed by atoms with Crippen LogP contribution in [0.1, 0.15) is 23.6 Å². The van der Waals surface area contributed by atoms with E-state index in [-0.39, 0.29) is 11.3 Å². The van der Waals surface area contributed by atoms with E-state index in [1.54, 1.807) is 47.6 Å². The largest absolute Gasteiger partial charge is 0.507 e. The molecule has 0 radical (unpaired) electrons. The zero-order valence-electron chi connectivity index (χ0n) is 15.6. The molecule has 6 heteroatoms. The fourth-order valence-corrected chi connectivity index (χ4v) is 3.35. The summed E-state index contributed by atoms with van der Waals surface area (Å²) < 4.78 is 0. The molecule has 0 spiro atoms. The maximum atomic E-state index is 12.8. The molecule has 1 amide bonds. The Hall–Kier alpha value is -2.99. The molecule has 1 aliphatic heterocycles. The topological polar surface area (TPSA) is 74.9 Å². The highest BCUT2D eigenvalue weighted by Gasteiger charge is 2.45. The Kier molecular flexibility index (Phi) is 5.66. The third-order valence-corrected chi connectivity index (χ3v) is 4.66. The second-order valence-electron chi connectivity index (χ2n) is 6.96. The molecule has 2 aromatic rings. The Morgan fingerprint density at radius 3 is 2.52 bits per heavy atom. The van der Waals surface area contributed by atoms with Crippen LogP contribution in [0.5, 0.6) is 0 Å². The van der Waals surface area contributed by atoms with E-state index in [0.717, 1.165) is 13.0 Å². The summed E-state index contributed by atoms with van der Waals surface area (Å²) in [5, 5.41) is 10.8. The van der Waals surface area contributed by atoms with Crippen LogP contribution in [-0.2, 0) is 9.59 Å². The molecule has 1 atom stereocenters. The number of benzene rings is 1. The quantitative estimate of drug-likeness (QED) is 0.455. The number of nitrogens with one attached hydrogen (secondary N) is 1. The highest BCUT2D eigenvalue weighted by atomic mass is 16.3. The van der Waals surface area contributed by atoms with Gasteiger partial charge in [0.15, 0.2) is 0 Å². The van der Waals surface area contributed by atoms with Crippen LogP contribution in [0.25, 0.3) is 5.76 Å². The van der Waals surface area contributed by atoms with Crippen LogP contribution in [0.4, 0.5) is 0 Å². The molecule has 1 aromatic carbocycles. The minimum Gasteiger partial charge on any atom is -0.507 e. The molecule has 0 bridgehead atoms. The second kappa shape index (κ2) is 8.14. The van der Waals surface area contributed by atoms with Crippen molar-refractivity contribution in [2.75, 3.05) is 27.2 Å². The van der Waals surface area contributed by atoms with Gasteiger partial charge in [-0.05, 0) is 11.6 Å². The number of rotatable bonds is 6. The van der Waals surface area contributed by atoms with E-state index in [9.17, 15) is 14.7 Å². The second-order valence-corrected chi connectivity index (χ2v) is 6.96. The summed E-state index contributed by atoms with van der Waals surface area (Å²) in [6, 6.07) is 11.8. The Morgan fingerprint density at radius 1 is 1.15 bits per heavy atom. The predicted octanol–water partition coefficient (Wildman–Crippen LogP) is 1.04. The summed E-state index contributed by atoms with van der Waals surface area (Å²) in [5.74, 6) is -1.37. The highest BCUT2D eigenvalue weighted by Crippen LogP contribution is 2.38. The van der Waals surface area contributed by atoms with Gasteiger partial charge in [-0.3, -0.25) is 14.6 Å². The normalized spacial score (nSPS) is 19.1. The number of carbonyl (C=O) groups is 2. The lowest BCUT2D eigenvalue weighted by Gasteiger charge is -2.25. The molecule has 1 aromatic heterocycles. The van der Waals surface area contributed by atoms with Gasteiger partial charge in [0, 0.05) is 30.9 Å². The monoisotopic (exact) mass is 366 g/mol. The summed E-state index contributed by atoms with van der Waals surface area (Å²) in [7, 11) is 4.09. The van der Waals surface area contributed by atoms with E-state index in [2.05, 4.69) is 4.98 Å². The lowest BCUT2D eigenvalue weighted by Crippen LogP contribution is -3.05. The van der Waals surface area contributed by atoms with Gasteiger partial charge >= 0.3 is 0 Å². The standard InChI is InChI=1S/C21H23N3O3/c1-23(2)12-7-13-24-18(16-10-6-11-22-14-16)17(20(26)21(24)27)19(25)15-8-4-3-5-9-15/h3-6,8-11,14,18,25H,7,12-13H2,1-2H3/p+1/t18-/m0/s1. The summed E-state index contributed by atoms with van der Waals surface area (Å²) >= 11 is 0. The number of likely N-dealkylation sites (tertiary alicyclic amines) is 1. The molecule has 140 valence electrons. The number of hydrogen-bond donors (Lipinski definition) is 2. The van der Waals surface area contributed by atoms with Gasteiger partial charge in [-0.25, -0.2) is 0 Å². The SMILES string of the molecule is C[NH+](C)CCCN1C(=O)C(=O)C(=C(O)c2ccccc2)[C@@H]1c1cccnc1. The van der Waals surface area contributed by atoms with Crippen LogP contribution in [0.2, 0.25) is 0 Å². The van der Waals surface area contributed by atoms with E-state index < -0.39 is 17.7 Å². The van der Waals surface area contributed by atoms with Gasteiger partial charge in [-0.2, -0.15) is 0 Å². The van der Waals surface area contributed by atoms with Crippen molar-refractivity contribution in [2.45, 2.75) is 12.5 Å². The van der Waals surface area contributed by atoms with Crippen LogP contribution in [0.15, 0.2) is 60.4 Å². The van der Waals surface area contributed by atoms with Crippen molar-refractivity contribution >= 4 is 17.4 Å². The molecule has 1 aliphatic rings. The van der Waals surface area contributed by atoms with Crippen LogP contribution < -0.4 is 4.90 Å². The van der Waals surface area contributed by atoms with Gasteiger partial charge in [0.25, 0.3) is 11.7 Å². The molecule has 3 rings (SSSR count). The fourth-order valence-electron chi connectivity index (χ4n) is 3.35. The minimum atomic E-state index is -0.651. The molecule has 1 fully saturated rings. The van der Waals surface area contributed by atoms with Crippen LogP contribution in [-0.4, -0.2) is 53.9 Å². The first-order valence-electron chi connectivity index (χ1n) is 9.03. The Balaban J connectivity index is 2.05. The van der Waals surface area contributed by atoms with Crippen molar-refractivity contribution in [2.24, 2.45) is 0 Å². The number of carbonyl (C=O) groups excluding carboxylic acids is 2. The fraction of sp³-hybridized carbons (Fsp3) is 0.286. The number of amides is 1. The molecule has 27 heavy (non-hydrogen) atoms. The summed E-state index contributed by atoms with van der Waals surface area (Å²) in [6.45, 7) is 1.32. The van der Waals surface area contributed by atoms with Crippen molar-refractivity contribution in [3.05, 3.63) is 71.6 Å². The van der Waals surface area contributed by atoms with Crippen LogP contribution in [0.3, 0.4) is 0 Å². The van der Waals surface area contributed by atoms with Crippen molar-refractivity contribution in [1.29, 1.82) is 0 Å². The first-order chi connectivity index (χ1) is 13.0. The van der Waals surface area contributed by atoms with Crippen molar-refractivity contribution in [3.63, 3.8) is 0 Å². The number of aliphatic hydroxyl groups excluding tert-OH is 1. The Bertz CT molecular complexity index is 847. The predicted molar refractivity (Wildman–Crippen MR) is 102 cm³/mol. The van der Waals surface area contributed by atoms with Gasteiger partial charge in [-0.15, -0.1) is 0 Å². The van der Waals surface area contributed by atoms with Gasteiger partial charge < -0.3 is 14.9 Å². The van der Waals surface area contributed by atoms with Crippen LogP contribution in [0, 0.1) is 0 Å². The van der Waals surface area contributed by atoms with E-state index in [1.807, 2.05) is 26.2 Å². The number of hydrogen-bond acceptors (Lipinski definition) is 4. The molecule has 6 nitrogen and oxygen atoms in total. The van der Waals surface area contributed by atoms with Gasteiger partial charge in [0.1, 0.15) is 5.76 Å². The summed E-state index contributed by atoms with van der Waals surface area (Å²) in [5.41, 5.74) is 1.35. The van der Waals surface area contributed by atoms with Crippen LogP contribution >= 0.6 is 0 Å². The number of Topliss-reactive ketones (excluding diaryl/α,β-unsaturated/α-hetero) is 1. The van der Waals surface area contributed by atoms with E-state index >= 15 is 0 Å². The third-order valence-electron chi connectivity index (χ3n) is 4.66. The van der Waals surface area contributed by atoms with E-state index in [1.165, 1.54) is 4.90 Å². The highest BCUT2D eigenvalue weighted by molar-refractivity contribution is 6.46. The zero-order valence-corrected chi connectivity index (χ0v) is 15.6.